The van der Waals surface area contributed by atoms with Crippen LogP contribution in [-0.2, 0) is 14.8 Å². The summed E-state index contributed by atoms with van der Waals surface area (Å²) in [6, 6.07) is 5.31. The molecule has 1 aliphatic heterocycles. The summed E-state index contributed by atoms with van der Waals surface area (Å²) in [7, 11) is -2.03. The van der Waals surface area contributed by atoms with E-state index < -0.39 is 10.0 Å². The summed E-state index contributed by atoms with van der Waals surface area (Å²) in [6.45, 7) is 0.342. The molecule has 2 N–H and O–H groups in total. The number of benzene rings is 1. The summed E-state index contributed by atoms with van der Waals surface area (Å²) in [5.74, 6) is 0.0544. The molecule has 0 aromatic heterocycles. The van der Waals surface area contributed by atoms with E-state index in [1.54, 1.807) is 30.2 Å². The Morgan fingerprint density at radius 1 is 1.45 bits per heavy atom. The smallest absolute Gasteiger partial charge is 0.227 e. The zero-order chi connectivity index (χ0) is 14.9. The molecule has 1 heterocycles. The molecule has 0 radical (unpaired) electrons. The van der Waals surface area contributed by atoms with Crippen LogP contribution in [0.15, 0.2) is 22.7 Å². The third-order valence-electron chi connectivity index (χ3n) is 3.08. The first kappa shape index (κ1) is 15.3. The molecule has 1 aromatic carbocycles. The molecule has 0 bridgehead atoms. The first-order valence-electron chi connectivity index (χ1n) is 5.94. The van der Waals surface area contributed by atoms with Crippen molar-refractivity contribution in [1.29, 1.82) is 0 Å². The van der Waals surface area contributed by atoms with Gasteiger partial charge in [0, 0.05) is 35.1 Å². The van der Waals surface area contributed by atoms with E-state index in [0.29, 0.717) is 18.0 Å². The zero-order valence-corrected chi connectivity index (χ0v) is 13.3. The Labute approximate surface area is 126 Å². The van der Waals surface area contributed by atoms with Crippen LogP contribution in [0.5, 0.6) is 5.75 Å². The molecule has 1 aromatic rings. The third-order valence-corrected chi connectivity index (χ3v) is 4.47. The van der Waals surface area contributed by atoms with Gasteiger partial charge < -0.3 is 9.64 Å². The largest absolute Gasteiger partial charge is 0.497 e. The Bertz CT molecular complexity index is 632. The number of amides is 1. The quantitative estimate of drug-likeness (QED) is 0.868. The van der Waals surface area contributed by atoms with Crippen molar-refractivity contribution in [2.24, 2.45) is 11.1 Å². The topological polar surface area (TPSA) is 89.7 Å². The van der Waals surface area contributed by atoms with Crippen molar-refractivity contribution in [3.63, 3.8) is 0 Å². The summed E-state index contributed by atoms with van der Waals surface area (Å²) in [5.41, 5.74) is 0.679. The zero-order valence-electron chi connectivity index (χ0n) is 10.9. The molecule has 2 rings (SSSR count). The van der Waals surface area contributed by atoms with Crippen LogP contribution in [0.1, 0.15) is 6.42 Å². The molecule has 110 valence electrons. The number of methoxy groups -OCH3 is 1. The molecular formula is C12H15BrN2O4S. The lowest BCUT2D eigenvalue weighted by Gasteiger charge is -2.18. The van der Waals surface area contributed by atoms with Crippen LogP contribution in [0, 0.1) is 5.92 Å². The van der Waals surface area contributed by atoms with Crippen molar-refractivity contribution in [2.45, 2.75) is 6.42 Å². The van der Waals surface area contributed by atoms with Gasteiger partial charge in [-0.25, -0.2) is 13.6 Å². The van der Waals surface area contributed by atoms with Gasteiger partial charge in [0.1, 0.15) is 5.75 Å². The van der Waals surface area contributed by atoms with Gasteiger partial charge in [-0.2, -0.15) is 0 Å². The minimum absolute atomic E-state index is 0.112. The molecule has 1 amide bonds. The highest BCUT2D eigenvalue weighted by molar-refractivity contribution is 9.10. The van der Waals surface area contributed by atoms with Gasteiger partial charge in [-0.1, -0.05) is 15.9 Å². The van der Waals surface area contributed by atoms with Crippen LogP contribution in [0.2, 0.25) is 0 Å². The minimum Gasteiger partial charge on any atom is -0.497 e. The van der Waals surface area contributed by atoms with Crippen LogP contribution in [0.25, 0.3) is 0 Å². The average molecular weight is 363 g/mol. The number of halogens is 1. The molecule has 0 saturated carbocycles. The number of hydrogen-bond acceptors (Lipinski definition) is 4. The van der Waals surface area contributed by atoms with E-state index >= 15 is 0 Å². The fourth-order valence-electron chi connectivity index (χ4n) is 2.29. The Hall–Kier alpha value is -1.12. The molecular weight excluding hydrogens is 348 g/mol. The van der Waals surface area contributed by atoms with Crippen molar-refractivity contribution in [3.05, 3.63) is 22.7 Å². The van der Waals surface area contributed by atoms with E-state index in [2.05, 4.69) is 15.9 Å². The molecule has 1 atom stereocenters. The first-order chi connectivity index (χ1) is 9.28. The Morgan fingerprint density at radius 3 is 2.75 bits per heavy atom. The second-order valence-corrected chi connectivity index (χ2v) is 7.33. The highest BCUT2D eigenvalue weighted by Gasteiger charge is 2.33. The summed E-state index contributed by atoms with van der Waals surface area (Å²) in [5, 5.41) is 5.03. The van der Waals surface area contributed by atoms with Gasteiger partial charge >= 0.3 is 0 Å². The Morgan fingerprint density at radius 2 is 2.15 bits per heavy atom. The van der Waals surface area contributed by atoms with Gasteiger partial charge in [-0.05, 0) is 12.1 Å². The minimum atomic E-state index is -3.57. The van der Waals surface area contributed by atoms with Crippen molar-refractivity contribution in [3.8, 4) is 5.75 Å². The van der Waals surface area contributed by atoms with E-state index in [9.17, 15) is 13.2 Å². The standard InChI is InChI=1S/C12H15BrN2O4S/c1-19-11-4-9(13)3-10(5-11)15-6-8(2-12(15)16)7-20(14,17)18/h3-5,8H,2,6-7H2,1H3,(H2,14,17,18). The lowest BCUT2D eigenvalue weighted by atomic mass is 10.1. The molecule has 1 fully saturated rings. The lowest BCUT2D eigenvalue weighted by molar-refractivity contribution is -0.117. The lowest BCUT2D eigenvalue weighted by Crippen LogP contribution is -2.27. The molecule has 1 unspecified atom stereocenters. The second kappa shape index (κ2) is 5.71. The summed E-state index contributed by atoms with van der Waals surface area (Å²) < 4.78 is 28.2. The van der Waals surface area contributed by atoms with Crippen molar-refractivity contribution in [1.82, 2.24) is 0 Å². The van der Waals surface area contributed by atoms with Crippen molar-refractivity contribution < 1.29 is 17.9 Å². The number of nitrogens with zero attached hydrogens (tertiary/aromatic N) is 1. The second-order valence-electron chi connectivity index (χ2n) is 4.75. The van der Waals surface area contributed by atoms with Crippen molar-refractivity contribution >= 4 is 37.5 Å². The van der Waals surface area contributed by atoms with E-state index in [1.165, 1.54) is 0 Å². The molecule has 1 saturated heterocycles. The van der Waals surface area contributed by atoms with Gasteiger partial charge in [-0.3, -0.25) is 4.79 Å². The number of anilines is 1. The number of ether oxygens (including phenoxy) is 1. The third kappa shape index (κ3) is 3.71. The molecule has 0 spiro atoms. The van der Waals surface area contributed by atoms with Gasteiger partial charge in [0.2, 0.25) is 15.9 Å². The van der Waals surface area contributed by atoms with Crippen molar-refractivity contribution in [2.75, 3.05) is 24.3 Å². The van der Waals surface area contributed by atoms with Gasteiger partial charge in [0.05, 0.1) is 12.9 Å². The maximum Gasteiger partial charge on any atom is 0.227 e. The predicted molar refractivity (Wildman–Crippen MR) is 79.1 cm³/mol. The first-order valence-corrected chi connectivity index (χ1v) is 8.45. The van der Waals surface area contributed by atoms with Crippen LogP contribution in [-0.4, -0.2) is 33.7 Å². The van der Waals surface area contributed by atoms with Gasteiger partial charge in [0.15, 0.2) is 0 Å². The molecule has 0 aliphatic carbocycles. The van der Waals surface area contributed by atoms with Gasteiger partial charge in [-0.15, -0.1) is 0 Å². The van der Waals surface area contributed by atoms with Crippen LogP contribution >= 0.6 is 15.9 Å². The maximum atomic E-state index is 12.0. The molecule has 1 aliphatic rings. The van der Waals surface area contributed by atoms with E-state index in [1.807, 2.05) is 0 Å². The summed E-state index contributed by atoms with van der Waals surface area (Å²) >= 11 is 3.35. The van der Waals surface area contributed by atoms with E-state index in [-0.39, 0.29) is 24.0 Å². The summed E-state index contributed by atoms with van der Waals surface area (Å²) in [6.07, 6.45) is 0.186. The van der Waals surface area contributed by atoms with Crippen LogP contribution in [0.4, 0.5) is 5.69 Å². The predicted octanol–water partition coefficient (Wildman–Crippen LogP) is 1.10. The SMILES string of the molecule is COc1cc(Br)cc(N2CC(CS(N)(=O)=O)CC2=O)c1. The number of sulfonamides is 1. The van der Waals surface area contributed by atoms with E-state index in [4.69, 9.17) is 9.88 Å². The molecule has 20 heavy (non-hydrogen) atoms. The highest BCUT2D eigenvalue weighted by Crippen LogP contribution is 2.31. The van der Waals surface area contributed by atoms with Crippen LogP contribution in [0.3, 0.4) is 0 Å². The fraction of sp³-hybridized carbons (Fsp3) is 0.417. The fourth-order valence-corrected chi connectivity index (χ4v) is 3.63. The average Bonchev–Trinajstić information content (AvgIpc) is 2.66. The Kier molecular flexibility index (Phi) is 4.36. The number of carbonyl (C=O) groups excluding carboxylic acids is 1. The Balaban J connectivity index is 2.21. The monoisotopic (exact) mass is 362 g/mol. The number of rotatable bonds is 4. The van der Waals surface area contributed by atoms with Gasteiger partial charge in [0.25, 0.3) is 0 Å². The summed E-state index contributed by atoms with van der Waals surface area (Å²) in [4.78, 5) is 13.6. The molecule has 6 nitrogen and oxygen atoms in total. The number of hydrogen-bond donors (Lipinski definition) is 1. The number of carbonyl (C=O) groups is 1. The normalized spacial score (nSPS) is 19.4. The molecule has 8 heteroatoms. The van der Waals surface area contributed by atoms with E-state index in [0.717, 1.165) is 4.47 Å². The van der Waals surface area contributed by atoms with Crippen LogP contribution < -0.4 is 14.8 Å². The number of nitrogens with two attached hydrogens (primary N) is 1. The maximum absolute atomic E-state index is 12.0. The highest BCUT2D eigenvalue weighted by atomic mass is 79.9. The number of primary sulfonamides is 1.